The van der Waals surface area contributed by atoms with Crippen molar-refractivity contribution in [3.8, 4) is 18.2 Å². The van der Waals surface area contributed by atoms with Gasteiger partial charge >= 0.3 is 5.63 Å². The Labute approximate surface area is 196 Å². The Morgan fingerprint density at radius 3 is 2.61 bits per heavy atom. The number of fused-ring (bicyclic) bond motifs is 2. The molecule has 2 aliphatic heterocycles. The molecule has 164 valence electrons. The summed E-state index contributed by atoms with van der Waals surface area (Å²) < 4.78 is 11.4. The number of nitrogens with zero attached hydrogens (tertiary/aromatic N) is 3. The molecule has 1 aromatic heterocycles. The molecule has 0 radical (unpaired) electrons. The van der Waals surface area contributed by atoms with Gasteiger partial charge in [0.25, 0.3) is 0 Å². The maximum atomic E-state index is 12.7. The van der Waals surface area contributed by atoms with Crippen LogP contribution in [-0.4, -0.2) is 11.4 Å². The fourth-order valence-electron chi connectivity index (χ4n) is 4.11. The minimum absolute atomic E-state index is 0.0335. The van der Waals surface area contributed by atoms with E-state index in [-0.39, 0.29) is 16.9 Å². The van der Waals surface area contributed by atoms with Gasteiger partial charge in [-0.3, -0.25) is 0 Å². The molecule has 7 heteroatoms. The number of aryl methyl sites for hydroxylation is 1. The number of allylic oxidation sites excluding steroid dienone is 2. The van der Waals surface area contributed by atoms with Crippen LogP contribution in [0.1, 0.15) is 43.4 Å². The Balaban J connectivity index is 1.79. The number of ether oxygens (including phenoxy) is 1. The van der Waals surface area contributed by atoms with Crippen molar-refractivity contribution in [3.63, 3.8) is 0 Å². The third kappa shape index (κ3) is 4.31. The van der Waals surface area contributed by atoms with Crippen LogP contribution in [0.4, 0.5) is 0 Å². The summed E-state index contributed by atoms with van der Waals surface area (Å²) in [6, 6.07) is 11.4. The van der Waals surface area contributed by atoms with Crippen molar-refractivity contribution in [1.82, 2.24) is 0 Å². The van der Waals surface area contributed by atoms with Crippen LogP contribution in [0, 0.1) is 34.0 Å². The summed E-state index contributed by atoms with van der Waals surface area (Å²) in [7, 11) is 0. The fraction of sp³-hybridized carbons (Fsp3) is 0.308. The third-order valence-corrected chi connectivity index (χ3v) is 6.91. The molecule has 0 N–H and O–H groups in total. The highest BCUT2D eigenvalue weighted by Crippen LogP contribution is 2.40. The van der Waals surface area contributed by atoms with Crippen molar-refractivity contribution < 1.29 is 9.15 Å². The van der Waals surface area contributed by atoms with Crippen LogP contribution in [0.25, 0.3) is 17.0 Å². The highest BCUT2D eigenvalue weighted by atomic mass is 32.2. The lowest BCUT2D eigenvalue weighted by Gasteiger charge is -2.20. The smallest absolute Gasteiger partial charge is 0.343 e. The first kappa shape index (κ1) is 22.5. The molecule has 0 saturated heterocycles. The number of rotatable bonds is 2. The van der Waals surface area contributed by atoms with Gasteiger partial charge in [-0.1, -0.05) is 6.08 Å². The van der Waals surface area contributed by atoms with E-state index >= 15 is 0 Å². The summed E-state index contributed by atoms with van der Waals surface area (Å²) in [5.74, 6) is 2.06. The number of benzene rings is 1. The van der Waals surface area contributed by atoms with Gasteiger partial charge in [0.05, 0.1) is 5.56 Å². The van der Waals surface area contributed by atoms with Crippen molar-refractivity contribution in [2.24, 2.45) is 0 Å². The second-order valence-electron chi connectivity index (χ2n) is 8.43. The molecule has 3 heterocycles. The molecule has 1 aromatic carbocycles. The topological polar surface area (TPSA) is 111 Å². The molecule has 2 aromatic rings. The van der Waals surface area contributed by atoms with Gasteiger partial charge in [-0.05, 0) is 74.3 Å². The van der Waals surface area contributed by atoms with E-state index in [1.807, 2.05) is 23.9 Å². The van der Waals surface area contributed by atoms with Crippen molar-refractivity contribution in [2.75, 3.05) is 5.75 Å². The Morgan fingerprint density at radius 2 is 1.88 bits per heavy atom. The number of thioether (sulfide) groups is 1. The minimum atomic E-state index is -0.945. The van der Waals surface area contributed by atoms with E-state index in [0.717, 1.165) is 29.7 Å². The molecule has 0 amide bonds. The molecule has 0 aliphatic carbocycles. The lowest BCUT2D eigenvalue weighted by Crippen LogP contribution is -2.20. The summed E-state index contributed by atoms with van der Waals surface area (Å²) in [6.07, 6.45) is 6.52. The average Bonchev–Trinajstić information content (AvgIpc) is 3.03. The molecule has 2 aliphatic rings. The summed E-state index contributed by atoms with van der Waals surface area (Å²) in [5, 5.41) is 28.9. The van der Waals surface area contributed by atoms with E-state index in [1.165, 1.54) is 17.5 Å². The molecule has 0 saturated carbocycles. The van der Waals surface area contributed by atoms with E-state index in [4.69, 9.17) is 9.15 Å². The van der Waals surface area contributed by atoms with Crippen LogP contribution in [0.3, 0.4) is 0 Å². The van der Waals surface area contributed by atoms with Gasteiger partial charge in [0.15, 0.2) is 11.3 Å². The first-order valence-electron chi connectivity index (χ1n) is 10.6. The van der Waals surface area contributed by atoms with Crippen molar-refractivity contribution in [2.45, 2.75) is 44.5 Å². The quantitative estimate of drug-likeness (QED) is 0.446. The Morgan fingerprint density at radius 1 is 1.09 bits per heavy atom. The van der Waals surface area contributed by atoms with Gasteiger partial charge in [0.2, 0.25) is 0 Å². The SMILES string of the molecule is CC1(C)OC(=C(C#N)C#N)C(C#N)=C1/C=C/c1cc2cc3c(cc2oc1=O)CCCCSC3. The maximum absolute atomic E-state index is 12.7. The summed E-state index contributed by atoms with van der Waals surface area (Å²) in [4.78, 5) is 12.7. The van der Waals surface area contributed by atoms with E-state index < -0.39 is 11.2 Å². The Kier molecular flexibility index (Phi) is 6.14. The number of nitriles is 3. The monoisotopic (exact) mass is 455 g/mol. The van der Waals surface area contributed by atoms with E-state index in [9.17, 15) is 20.6 Å². The summed E-state index contributed by atoms with van der Waals surface area (Å²) in [5.41, 5.74) is 2.34. The van der Waals surface area contributed by atoms with Crippen LogP contribution >= 0.6 is 11.8 Å². The zero-order valence-electron chi connectivity index (χ0n) is 18.4. The molecule has 33 heavy (non-hydrogen) atoms. The third-order valence-electron chi connectivity index (χ3n) is 5.82. The second-order valence-corrected chi connectivity index (χ2v) is 9.54. The number of hydrogen-bond acceptors (Lipinski definition) is 7. The molecule has 0 bridgehead atoms. The molecule has 6 nitrogen and oxygen atoms in total. The van der Waals surface area contributed by atoms with Crippen LogP contribution in [-0.2, 0) is 16.9 Å². The zero-order chi connectivity index (χ0) is 23.6. The number of hydrogen-bond donors (Lipinski definition) is 0. The lowest BCUT2D eigenvalue weighted by atomic mass is 9.94. The summed E-state index contributed by atoms with van der Waals surface area (Å²) >= 11 is 1.92. The summed E-state index contributed by atoms with van der Waals surface area (Å²) in [6.45, 7) is 3.48. The lowest BCUT2D eigenvalue weighted by molar-refractivity contribution is 0.0954. The highest BCUT2D eigenvalue weighted by molar-refractivity contribution is 7.98. The van der Waals surface area contributed by atoms with E-state index in [0.29, 0.717) is 16.7 Å². The van der Waals surface area contributed by atoms with Crippen LogP contribution in [0.15, 0.2) is 56.0 Å². The predicted octanol–water partition coefficient (Wildman–Crippen LogP) is 5.31. The van der Waals surface area contributed by atoms with Gasteiger partial charge in [0.1, 0.15) is 35.0 Å². The molecular formula is C26H21N3O3S. The van der Waals surface area contributed by atoms with Gasteiger partial charge in [0, 0.05) is 16.7 Å². The van der Waals surface area contributed by atoms with Crippen molar-refractivity contribution in [3.05, 3.63) is 73.9 Å². The largest absolute Gasteiger partial charge is 0.480 e. The van der Waals surface area contributed by atoms with Crippen molar-refractivity contribution >= 4 is 28.8 Å². The van der Waals surface area contributed by atoms with Crippen LogP contribution in [0.5, 0.6) is 0 Å². The zero-order valence-corrected chi connectivity index (χ0v) is 19.2. The van der Waals surface area contributed by atoms with Crippen LogP contribution in [0.2, 0.25) is 0 Å². The Hall–Kier alpha value is -3.73. The average molecular weight is 456 g/mol. The van der Waals surface area contributed by atoms with Gasteiger partial charge < -0.3 is 9.15 Å². The fourth-order valence-corrected chi connectivity index (χ4v) is 5.15. The minimum Gasteiger partial charge on any atom is -0.480 e. The molecular weight excluding hydrogens is 434 g/mol. The second kappa shape index (κ2) is 9.02. The van der Waals surface area contributed by atoms with E-state index in [1.54, 1.807) is 44.2 Å². The molecule has 0 unspecified atom stereocenters. The van der Waals surface area contributed by atoms with E-state index in [2.05, 4.69) is 6.07 Å². The Bertz CT molecular complexity index is 1410. The van der Waals surface area contributed by atoms with Gasteiger partial charge in [-0.25, -0.2) is 4.79 Å². The highest BCUT2D eigenvalue weighted by Gasteiger charge is 2.38. The first-order chi connectivity index (χ1) is 15.9. The maximum Gasteiger partial charge on any atom is 0.343 e. The van der Waals surface area contributed by atoms with Gasteiger partial charge in [-0.2, -0.15) is 27.5 Å². The van der Waals surface area contributed by atoms with Crippen molar-refractivity contribution in [1.29, 1.82) is 15.8 Å². The van der Waals surface area contributed by atoms with Gasteiger partial charge in [-0.15, -0.1) is 0 Å². The normalized spacial score (nSPS) is 17.5. The molecule has 4 rings (SSSR count). The predicted molar refractivity (Wildman–Crippen MR) is 127 cm³/mol. The standard InChI is InChI=1S/C26H21N3O3S/c1-26(2)22(21(14-29)24(32-26)20(12-27)13-28)7-6-17-9-18-10-19-15-33-8-4-3-5-16(19)11-23(18)31-25(17)30/h6-7,9-11H,3-5,8,15H2,1-2H3/b7-6+. The molecule has 0 spiro atoms. The first-order valence-corrected chi connectivity index (χ1v) is 11.8. The van der Waals surface area contributed by atoms with Crippen LogP contribution < -0.4 is 5.63 Å². The molecule has 0 fully saturated rings. The molecule has 0 atom stereocenters.